The van der Waals surface area contributed by atoms with Crippen LogP contribution in [0.5, 0.6) is 0 Å². The molecule has 0 spiro atoms. The number of aromatic amines is 1. The van der Waals surface area contributed by atoms with Crippen LogP contribution in [0.1, 0.15) is 19.3 Å². The molecule has 0 bridgehead atoms. The normalized spacial score (nSPS) is 13.9. The van der Waals surface area contributed by atoms with Crippen molar-refractivity contribution in [1.29, 1.82) is 0 Å². The number of carbonyl (C=O) groups is 2. The quantitative estimate of drug-likeness (QED) is 0.834. The third-order valence-corrected chi connectivity index (χ3v) is 3.97. The topological polar surface area (TPSA) is 104 Å². The Morgan fingerprint density at radius 3 is 2.76 bits per heavy atom. The van der Waals surface area contributed by atoms with E-state index in [1.54, 1.807) is 23.1 Å². The number of benzene rings is 1. The number of hydrogen-bond acceptors (Lipinski definition) is 4. The van der Waals surface area contributed by atoms with Crippen molar-refractivity contribution in [2.75, 3.05) is 16.8 Å². The third-order valence-electron chi connectivity index (χ3n) is 3.97. The van der Waals surface area contributed by atoms with Gasteiger partial charge in [0.1, 0.15) is 0 Å². The highest BCUT2D eigenvalue weighted by molar-refractivity contribution is 5.97. The molecule has 2 N–H and O–H groups in total. The second-order valence-corrected chi connectivity index (χ2v) is 5.80. The lowest BCUT2D eigenvalue weighted by atomic mass is 10.2. The van der Waals surface area contributed by atoms with Gasteiger partial charge in [-0.15, -0.1) is 0 Å². The summed E-state index contributed by atoms with van der Waals surface area (Å²) >= 11 is 0. The molecule has 1 saturated heterocycles. The zero-order valence-corrected chi connectivity index (χ0v) is 13.5. The van der Waals surface area contributed by atoms with Gasteiger partial charge in [-0.05, 0) is 24.6 Å². The fourth-order valence-electron chi connectivity index (χ4n) is 2.74. The molecule has 0 atom stereocenters. The average Bonchev–Trinajstić information content (AvgIpc) is 3.02. The first kappa shape index (κ1) is 16.7. The SMILES string of the molecule is O=C(CCn1[nH]c(=O)ccc1=O)Nc1cccc(N2CCCC2=O)c1. The molecule has 25 heavy (non-hydrogen) atoms. The fourth-order valence-corrected chi connectivity index (χ4v) is 2.74. The molecule has 2 aromatic rings. The Bertz CT molecular complexity index is 915. The summed E-state index contributed by atoms with van der Waals surface area (Å²) in [6, 6.07) is 9.39. The maximum absolute atomic E-state index is 12.1. The first-order valence-corrected chi connectivity index (χ1v) is 8.03. The molecule has 3 rings (SSSR count). The average molecular weight is 342 g/mol. The van der Waals surface area contributed by atoms with Gasteiger partial charge in [0.05, 0.1) is 6.54 Å². The highest BCUT2D eigenvalue weighted by Gasteiger charge is 2.21. The van der Waals surface area contributed by atoms with Gasteiger partial charge in [0.25, 0.3) is 11.1 Å². The Morgan fingerprint density at radius 2 is 2.00 bits per heavy atom. The van der Waals surface area contributed by atoms with E-state index in [0.717, 1.165) is 28.9 Å². The van der Waals surface area contributed by atoms with Crippen molar-refractivity contribution in [2.45, 2.75) is 25.8 Å². The van der Waals surface area contributed by atoms with Gasteiger partial charge in [0.2, 0.25) is 11.8 Å². The number of rotatable bonds is 5. The second-order valence-electron chi connectivity index (χ2n) is 5.80. The van der Waals surface area contributed by atoms with E-state index < -0.39 is 5.56 Å². The number of aryl methyl sites for hydroxylation is 1. The number of carbonyl (C=O) groups excluding carboxylic acids is 2. The molecule has 1 aliphatic heterocycles. The molecule has 8 nitrogen and oxygen atoms in total. The Kier molecular flexibility index (Phi) is 4.78. The maximum Gasteiger partial charge on any atom is 0.265 e. The van der Waals surface area contributed by atoms with Crippen LogP contribution in [-0.4, -0.2) is 28.1 Å². The minimum absolute atomic E-state index is 0.0345. The molecular formula is C17H18N4O4. The summed E-state index contributed by atoms with van der Waals surface area (Å²) in [5.41, 5.74) is 0.560. The van der Waals surface area contributed by atoms with Gasteiger partial charge in [0.15, 0.2) is 0 Å². The van der Waals surface area contributed by atoms with E-state index in [2.05, 4.69) is 10.4 Å². The lowest BCUT2D eigenvalue weighted by Gasteiger charge is -2.16. The second kappa shape index (κ2) is 7.16. The van der Waals surface area contributed by atoms with Crippen LogP contribution in [0.4, 0.5) is 11.4 Å². The Balaban J connectivity index is 1.63. The molecule has 2 heterocycles. The van der Waals surface area contributed by atoms with Crippen molar-refractivity contribution in [3.63, 3.8) is 0 Å². The highest BCUT2D eigenvalue weighted by atomic mass is 16.2. The molecule has 8 heteroatoms. The van der Waals surface area contributed by atoms with E-state index >= 15 is 0 Å². The summed E-state index contributed by atoms with van der Waals surface area (Å²) in [5, 5.41) is 5.11. The van der Waals surface area contributed by atoms with Crippen molar-refractivity contribution in [3.05, 3.63) is 57.1 Å². The largest absolute Gasteiger partial charge is 0.326 e. The van der Waals surface area contributed by atoms with Gasteiger partial charge >= 0.3 is 0 Å². The van der Waals surface area contributed by atoms with Gasteiger partial charge < -0.3 is 10.2 Å². The number of anilines is 2. The van der Waals surface area contributed by atoms with Gasteiger partial charge in [0, 0.05) is 42.9 Å². The molecular weight excluding hydrogens is 324 g/mol. The van der Waals surface area contributed by atoms with Crippen LogP contribution in [0.25, 0.3) is 0 Å². The Morgan fingerprint density at radius 1 is 1.16 bits per heavy atom. The first-order chi connectivity index (χ1) is 12.0. The molecule has 2 amide bonds. The summed E-state index contributed by atoms with van der Waals surface area (Å²) < 4.78 is 1.10. The van der Waals surface area contributed by atoms with Crippen LogP contribution in [0, 0.1) is 0 Å². The molecule has 1 aromatic carbocycles. The van der Waals surface area contributed by atoms with Crippen LogP contribution < -0.4 is 21.3 Å². The Labute approximate surface area is 143 Å². The van der Waals surface area contributed by atoms with Crippen LogP contribution in [0.3, 0.4) is 0 Å². The predicted molar refractivity (Wildman–Crippen MR) is 92.6 cm³/mol. The van der Waals surface area contributed by atoms with E-state index in [1.165, 1.54) is 0 Å². The van der Waals surface area contributed by atoms with E-state index in [9.17, 15) is 19.2 Å². The predicted octanol–water partition coefficient (Wildman–Crippen LogP) is 0.692. The van der Waals surface area contributed by atoms with E-state index in [4.69, 9.17) is 0 Å². The smallest absolute Gasteiger partial charge is 0.265 e. The van der Waals surface area contributed by atoms with Crippen LogP contribution >= 0.6 is 0 Å². The zero-order chi connectivity index (χ0) is 17.8. The number of nitrogens with zero attached hydrogens (tertiary/aromatic N) is 2. The molecule has 0 unspecified atom stereocenters. The molecule has 0 saturated carbocycles. The van der Waals surface area contributed by atoms with Gasteiger partial charge in [-0.25, -0.2) is 4.68 Å². The summed E-state index contributed by atoms with van der Waals surface area (Å²) in [4.78, 5) is 48.4. The highest BCUT2D eigenvalue weighted by Crippen LogP contribution is 2.24. The van der Waals surface area contributed by atoms with Crippen molar-refractivity contribution in [1.82, 2.24) is 9.78 Å². The van der Waals surface area contributed by atoms with Crippen LogP contribution in [0.15, 0.2) is 46.0 Å². The summed E-state index contributed by atoms with van der Waals surface area (Å²) in [6.45, 7) is 0.756. The maximum atomic E-state index is 12.1. The number of H-pyrrole nitrogens is 1. The first-order valence-electron chi connectivity index (χ1n) is 8.03. The van der Waals surface area contributed by atoms with Gasteiger partial charge in [-0.1, -0.05) is 6.07 Å². The van der Waals surface area contributed by atoms with Crippen molar-refractivity contribution in [2.24, 2.45) is 0 Å². The fraction of sp³-hybridized carbons (Fsp3) is 0.294. The summed E-state index contributed by atoms with van der Waals surface area (Å²) in [7, 11) is 0. The minimum atomic E-state index is -0.400. The van der Waals surface area contributed by atoms with Crippen LogP contribution in [-0.2, 0) is 16.1 Å². The van der Waals surface area contributed by atoms with E-state index in [1.807, 2.05) is 6.07 Å². The number of aromatic nitrogens is 2. The number of amides is 2. The number of nitrogens with one attached hydrogen (secondary N) is 2. The monoisotopic (exact) mass is 342 g/mol. The van der Waals surface area contributed by atoms with E-state index in [-0.39, 0.29) is 30.3 Å². The summed E-state index contributed by atoms with van der Waals surface area (Å²) in [6.07, 6.45) is 1.41. The molecule has 130 valence electrons. The molecule has 1 aliphatic rings. The third kappa shape index (κ3) is 4.03. The molecule has 0 aliphatic carbocycles. The van der Waals surface area contributed by atoms with Crippen LogP contribution in [0.2, 0.25) is 0 Å². The van der Waals surface area contributed by atoms with E-state index in [0.29, 0.717) is 18.7 Å². The number of hydrogen-bond donors (Lipinski definition) is 2. The Hall–Kier alpha value is -3.16. The van der Waals surface area contributed by atoms with Gasteiger partial charge in [-0.3, -0.25) is 24.3 Å². The summed E-state index contributed by atoms with van der Waals surface area (Å²) in [5.74, 6) is -0.211. The minimum Gasteiger partial charge on any atom is -0.326 e. The zero-order valence-electron chi connectivity index (χ0n) is 13.5. The van der Waals surface area contributed by atoms with Gasteiger partial charge in [-0.2, -0.15) is 0 Å². The molecule has 1 fully saturated rings. The standard InChI is InChI=1S/C17H18N4O4/c22-14(8-10-21-17(25)7-6-15(23)19-21)18-12-3-1-4-13(11-12)20-9-2-5-16(20)24/h1,3-4,6-7,11H,2,5,8-10H2,(H,18,22)(H,19,23). The lowest BCUT2D eigenvalue weighted by molar-refractivity contribution is -0.117. The van der Waals surface area contributed by atoms with Crippen molar-refractivity contribution in [3.8, 4) is 0 Å². The molecule has 0 radical (unpaired) electrons. The lowest BCUT2D eigenvalue weighted by Crippen LogP contribution is -2.29. The molecule has 1 aromatic heterocycles. The van der Waals surface area contributed by atoms with Crippen molar-refractivity contribution >= 4 is 23.2 Å². The van der Waals surface area contributed by atoms with Crippen molar-refractivity contribution < 1.29 is 9.59 Å².